The summed E-state index contributed by atoms with van der Waals surface area (Å²) >= 11 is 5.97. The lowest BCUT2D eigenvalue weighted by atomic mass is 9.84. The summed E-state index contributed by atoms with van der Waals surface area (Å²) in [6.45, 7) is 1.75. The molecule has 0 aromatic heterocycles. The molecule has 0 bridgehead atoms. The minimum absolute atomic E-state index is 0. The molecule has 1 aromatic carbocycles. The molecule has 4 rings (SSSR count). The summed E-state index contributed by atoms with van der Waals surface area (Å²) in [4.78, 5) is 28.1. The molecule has 4 unspecified atom stereocenters. The van der Waals surface area contributed by atoms with E-state index in [1.165, 1.54) is 6.42 Å². The molecule has 1 saturated carbocycles. The van der Waals surface area contributed by atoms with E-state index >= 15 is 0 Å². The third-order valence-corrected chi connectivity index (χ3v) is 6.38. The van der Waals surface area contributed by atoms with Crippen molar-refractivity contribution in [2.45, 2.75) is 56.7 Å². The Morgan fingerprint density at radius 3 is 2.56 bits per heavy atom. The summed E-state index contributed by atoms with van der Waals surface area (Å²) in [6, 6.07) is 7.01. The quantitative estimate of drug-likeness (QED) is 0.803. The molecule has 2 heterocycles. The lowest BCUT2D eigenvalue weighted by molar-refractivity contribution is -0.125. The van der Waals surface area contributed by atoms with Crippen LogP contribution in [0.2, 0.25) is 5.02 Å². The Morgan fingerprint density at radius 2 is 1.85 bits per heavy atom. The third-order valence-electron chi connectivity index (χ3n) is 6.12. The number of benzene rings is 1. The van der Waals surface area contributed by atoms with Crippen LogP contribution in [0, 0.1) is 5.92 Å². The fourth-order valence-corrected chi connectivity index (χ4v) is 4.93. The fraction of sp³-hybridized carbons (Fsp3) is 0.600. The summed E-state index contributed by atoms with van der Waals surface area (Å²) in [5, 5.41) is 7.05. The van der Waals surface area contributed by atoms with E-state index in [1.807, 2.05) is 4.90 Å². The molecule has 5 nitrogen and oxygen atoms in total. The second-order valence-corrected chi connectivity index (χ2v) is 8.22. The Morgan fingerprint density at radius 1 is 1.11 bits per heavy atom. The molecule has 3 aliphatic rings. The molecule has 2 aliphatic heterocycles. The second-order valence-electron chi connectivity index (χ2n) is 7.78. The predicted octanol–water partition coefficient (Wildman–Crippen LogP) is 3.01. The minimum atomic E-state index is -0.355. The van der Waals surface area contributed by atoms with E-state index < -0.39 is 0 Å². The third kappa shape index (κ3) is 4.25. The zero-order chi connectivity index (χ0) is 18.1. The molecule has 7 heteroatoms. The average molecular weight is 412 g/mol. The van der Waals surface area contributed by atoms with E-state index in [0.717, 1.165) is 45.2 Å². The number of carbonyl (C=O) groups excluding carboxylic acids is 2. The maximum Gasteiger partial charge on any atom is 0.254 e. The van der Waals surface area contributed by atoms with Gasteiger partial charge in [0.05, 0.1) is 0 Å². The largest absolute Gasteiger partial charge is 0.350 e. The zero-order valence-electron chi connectivity index (χ0n) is 15.3. The highest BCUT2D eigenvalue weighted by atomic mass is 35.5. The van der Waals surface area contributed by atoms with Crippen molar-refractivity contribution >= 4 is 35.8 Å². The Bertz CT molecular complexity index is 676. The SMILES string of the molecule is Cl.O=C(NC1CCNC1)C1CC2CCCCC2N1C(=O)c1ccc(Cl)cc1. The number of rotatable bonds is 3. The first-order valence-electron chi connectivity index (χ1n) is 9.73. The summed E-state index contributed by atoms with van der Waals surface area (Å²) in [7, 11) is 0. The lowest BCUT2D eigenvalue weighted by Gasteiger charge is -2.34. The molecule has 148 valence electrons. The molecule has 0 radical (unpaired) electrons. The standard InChI is InChI=1S/C20H26ClN3O2.ClH/c21-15-7-5-13(6-8-15)20(26)24-17-4-2-1-3-14(17)11-18(24)19(25)23-16-9-10-22-12-16;/h5-8,14,16-18,22H,1-4,9-12H2,(H,23,25);1H. The van der Waals surface area contributed by atoms with Gasteiger partial charge >= 0.3 is 0 Å². The van der Waals surface area contributed by atoms with Crippen LogP contribution in [0.4, 0.5) is 0 Å². The van der Waals surface area contributed by atoms with E-state index in [-0.39, 0.29) is 42.3 Å². The van der Waals surface area contributed by atoms with Gasteiger partial charge < -0.3 is 15.5 Å². The smallest absolute Gasteiger partial charge is 0.254 e. The van der Waals surface area contributed by atoms with Gasteiger partial charge in [0.25, 0.3) is 5.91 Å². The average Bonchev–Trinajstić information content (AvgIpc) is 3.29. The molecule has 1 aliphatic carbocycles. The van der Waals surface area contributed by atoms with Crippen LogP contribution in [0.1, 0.15) is 48.9 Å². The molecule has 2 N–H and O–H groups in total. The van der Waals surface area contributed by atoms with Gasteiger partial charge in [0.2, 0.25) is 5.91 Å². The van der Waals surface area contributed by atoms with Crippen molar-refractivity contribution in [1.29, 1.82) is 0 Å². The number of hydrogen-bond donors (Lipinski definition) is 2. The number of likely N-dealkylation sites (tertiary alicyclic amines) is 1. The van der Waals surface area contributed by atoms with Crippen LogP contribution < -0.4 is 10.6 Å². The van der Waals surface area contributed by atoms with Crippen molar-refractivity contribution in [2.75, 3.05) is 13.1 Å². The highest BCUT2D eigenvalue weighted by Gasteiger charge is 2.47. The van der Waals surface area contributed by atoms with Gasteiger partial charge in [-0.25, -0.2) is 0 Å². The maximum atomic E-state index is 13.3. The molecule has 1 aromatic rings. The van der Waals surface area contributed by atoms with Gasteiger partial charge in [0, 0.05) is 29.2 Å². The molecule has 0 spiro atoms. The first-order chi connectivity index (χ1) is 12.6. The number of nitrogens with one attached hydrogen (secondary N) is 2. The van der Waals surface area contributed by atoms with Gasteiger partial charge in [0.15, 0.2) is 0 Å². The Labute approximate surface area is 171 Å². The van der Waals surface area contributed by atoms with Crippen molar-refractivity contribution < 1.29 is 9.59 Å². The van der Waals surface area contributed by atoms with E-state index in [0.29, 0.717) is 16.5 Å². The Balaban J connectivity index is 0.00000210. The van der Waals surface area contributed by atoms with Crippen LogP contribution in [0.3, 0.4) is 0 Å². The first-order valence-corrected chi connectivity index (χ1v) is 10.1. The zero-order valence-corrected chi connectivity index (χ0v) is 16.9. The van der Waals surface area contributed by atoms with Crippen LogP contribution >= 0.6 is 24.0 Å². The number of carbonyl (C=O) groups is 2. The normalized spacial score (nSPS) is 29.7. The number of nitrogens with zero attached hydrogens (tertiary/aromatic N) is 1. The van der Waals surface area contributed by atoms with Crippen molar-refractivity contribution in [3.8, 4) is 0 Å². The molecule has 2 saturated heterocycles. The molecule has 2 amide bonds. The highest BCUT2D eigenvalue weighted by Crippen LogP contribution is 2.40. The summed E-state index contributed by atoms with van der Waals surface area (Å²) in [5.41, 5.74) is 0.612. The van der Waals surface area contributed by atoms with Crippen molar-refractivity contribution in [3.05, 3.63) is 34.9 Å². The minimum Gasteiger partial charge on any atom is -0.350 e. The van der Waals surface area contributed by atoms with Crippen LogP contribution in [0.15, 0.2) is 24.3 Å². The second kappa shape index (κ2) is 8.80. The summed E-state index contributed by atoms with van der Waals surface area (Å²) in [5.74, 6) is 0.411. The highest BCUT2D eigenvalue weighted by molar-refractivity contribution is 6.30. The van der Waals surface area contributed by atoms with Crippen LogP contribution in [0.5, 0.6) is 0 Å². The van der Waals surface area contributed by atoms with Gasteiger partial charge in [-0.3, -0.25) is 9.59 Å². The van der Waals surface area contributed by atoms with Gasteiger partial charge in [-0.2, -0.15) is 0 Å². The molecule has 4 atom stereocenters. The van der Waals surface area contributed by atoms with Crippen LogP contribution in [0.25, 0.3) is 0 Å². The van der Waals surface area contributed by atoms with Gasteiger partial charge in [0.1, 0.15) is 6.04 Å². The van der Waals surface area contributed by atoms with Crippen LogP contribution in [-0.2, 0) is 4.79 Å². The van der Waals surface area contributed by atoms with E-state index in [4.69, 9.17) is 11.6 Å². The summed E-state index contributed by atoms with van der Waals surface area (Å²) in [6.07, 6.45) is 6.19. The van der Waals surface area contributed by atoms with Crippen molar-refractivity contribution in [3.63, 3.8) is 0 Å². The molecular formula is C20H27Cl2N3O2. The lowest BCUT2D eigenvalue weighted by Crippen LogP contribution is -2.51. The fourth-order valence-electron chi connectivity index (χ4n) is 4.80. The summed E-state index contributed by atoms with van der Waals surface area (Å²) < 4.78 is 0. The van der Waals surface area contributed by atoms with Gasteiger partial charge in [-0.1, -0.05) is 24.4 Å². The first kappa shape index (κ1) is 20.4. The monoisotopic (exact) mass is 411 g/mol. The van der Waals surface area contributed by atoms with E-state index in [2.05, 4.69) is 10.6 Å². The van der Waals surface area contributed by atoms with E-state index in [9.17, 15) is 9.59 Å². The van der Waals surface area contributed by atoms with Crippen molar-refractivity contribution in [2.24, 2.45) is 5.92 Å². The van der Waals surface area contributed by atoms with Crippen molar-refractivity contribution in [1.82, 2.24) is 15.5 Å². The van der Waals surface area contributed by atoms with Crippen LogP contribution in [-0.4, -0.2) is 47.9 Å². The Hall–Kier alpha value is -1.30. The number of fused-ring (bicyclic) bond motifs is 1. The number of amides is 2. The number of hydrogen-bond acceptors (Lipinski definition) is 3. The van der Waals surface area contributed by atoms with Gasteiger partial charge in [-0.05, 0) is 62.4 Å². The molecule has 3 fully saturated rings. The van der Waals surface area contributed by atoms with Gasteiger partial charge in [-0.15, -0.1) is 12.4 Å². The number of halogens is 2. The Kier molecular flexibility index (Phi) is 6.66. The molecular weight excluding hydrogens is 385 g/mol. The van der Waals surface area contributed by atoms with E-state index in [1.54, 1.807) is 24.3 Å². The molecule has 27 heavy (non-hydrogen) atoms. The predicted molar refractivity (Wildman–Crippen MR) is 108 cm³/mol. The topological polar surface area (TPSA) is 61.4 Å². The maximum absolute atomic E-state index is 13.3.